The van der Waals surface area contributed by atoms with Crippen molar-refractivity contribution in [3.8, 4) is 5.75 Å². The van der Waals surface area contributed by atoms with Gasteiger partial charge in [-0.25, -0.2) is 0 Å². The van der Waals surface area contributed by atoms with E-state index < -0.39 is 0 Å². The first-order valence-corrected chi connectivity index (χ1v) is 6.73. The third kappa shape index (κ3) is 6.05. The summed E-state index contributed by atoms with van der Waals surface area (Å²) in [6.45, 7) is 5.72. The largest absolute Gasteiger partial charge is 0.487 e. The van der Waals surface area contributed by atoms with Gasteiger partial charge in [0.2, 0.25) is 0 Å². The van der Waals surface area contributed by atoms with Crippen LogP contribution >= 0.6 is 15.9 Å². The molecule has 1 aromatic carbocycles. The van der Waals surface area contributed by atoms with Crippen LogP contribution in [-0.4, -0.2) is 33.4 Å². The summed E-state index contributed by atoms with van der Waals surface area (Å²) in [5, 5.41) is 2.26. The standard InChI is InChI=1S/C13H20BrNO2/c1-11-10-12(14)4-5-13(11)17-9-7-15-6-3-8-16-2/h4-5,10,15H,3,6-9H2,1-2H3/p+1. The summed E-state index contributed by atoms with van der Waals surface area (Å²) in [4.78, 5) is 0. The Morgan fingerprint density at radius 3 is 2.76 bits per heavy atom. The van der Waals surface area contributed by atoms with Crippen LogP contribution in [0.1, 0.15) is 12.0 Å². The van der Waals surface area contributed by atoms with E-state index in [1.54, 1.807) is 7.11 Å². The Morgan fingerprint density at radius 2 is 2.06 bits per heavy atom. The Hall–Kier alpha value is -0.580. The zero-order valence-corrected chi connectivity index (χ0v) is 12.1. The highest BCUT2D eigenvalue weighted by atomic mass is 79.9. The SMILES string of the molecule is COCCC[NH2+]CCOc1ccc(Br)cc1C. The van der Waals surface area contributed by atoms with Crippen molar-refractivity contribution in [2.75, 3.05) is 33.4 Å². The number of methoxy groups -OCH3 is 1. The molecule has 1 aromatic rings. The van der Waals surface area contributed by atoms with Gasteiger partial charge in [0, 0.05) is 18.0 Å². The molecule has 0 heterocycles. The predicted molar refractivity (Wildman–Crippen MR) is 72.5 cm³/mol. The molecule has 2 N–H and O–H groups in total. The Balaban J connectivity index is 2.14. The number of aryl methyl sites for hydroxylation is 1. The number of hydrogen-bond acceptors (Lipinski definition) is 2. The van der Waals surface area contributed by atoms with E-state index in [1.807, 2.05) is 12.1 Å². The van der Waals surface area contributed by atoms with Crippen molar-refractivity contribution < 1.29 is 14.8 Å². The molecular weight excluding hydrogens is 282 g/mol. The third-order valence-electron chi connectivity index (χ3n) is 2.47. The molecule has 17 heavy (non-hydrogen) atoms. The lowest BCUT2D eigenvalue weighted by Crippen LogP contribution is -2.85. The van der Waals surface area contributed by atoms with Crippen LogP contribution in [0.3, 0.4) is 0 Å². The second kappa shape index (κ2) is 8.50. The maximum Gasteiger partial charge on any atom is 0.137 e. The maximum absolute atomic E-state index is 5.71. The van der Waals surface area contributed by atoms with E-state index in [4.69, 9.17) is 9.47 Å². The van der Waals surface area contributed by atoms with Crippen molar-refractivity contribution in [1.29, 1.82) is 0 Å². The number of benzene rings is 1. The van der Waals surface area contributed by atoms with E-state index in [-0.39, 0.29) is 0 Å². The van der Waals surface area contributed by atoms with Crippen LogP contribution in [-0.2, 0) is 4.74 Å². The Morgan fingerprint density at radius 1 is 1.24 bits per heavy atom. The first-order valence-electron chi connectivity index (χ1n) is 5.93. The summed E-state index contributed by atoms with van der Waals surface area (Å²) in [6, 6.07) is 6.08. The van der Waals surface area contributed by atoms with Gasteiger partial charge >= 0.3 is 0 Å². The second-order valence-corrected chi connectivity index (χ2v) is 4.89. The fourth-order valence-electron chi connectivity index (χ4n) is 1.54. The van der Waals surface area contributed by atoms with Crippen molar-refractivity contribution in [2.45, 2.75) is 13.3 Å². The molecule has 4 heteroatoms. The highest BCUT2D eigenvalue weighted by molar-refractivity contribution is 9.10. The van der Waals surface area contributed by atoms with Gasteiger partial charge in [-0.05, 0) is 30.7 Å². The van der Waals surface area contributed by atoms with Crippen molar-refractivity contribution in [2.24, 2.45) is 0 Å². The average molecular weight is 303 g/mol. The highest BCUT2D eigenvalue weighted by Gasteiger charge is 2.00. The molecule has 0 saturated carbocycles. The van der Waals surface area contributed by atoms with Gasteiger partial charge in [0.15, 0.2) is 0 Å². The number of rotatable bonds is 8. The molecule has 0 aliphatic carbocycles. The lowest BCUT2D eigenvalue weighted by molar-refractivity contribution is -0.655. The first kappa shape index (κ1) is 14.5. The molecule has 0 radical (unpaired) electrons. The van der Waals surface area contributed by atoms with Crippen LogP contribution in [0.5, 0.6) is 5.75 Å². The molecule has 0 atom stereocenters. The van der Waals surface area contributed by atoms with Crippen molar-refractivity contribution >= 4 is 15.9 Å². The van der Waals surface area contributed by atoms with E-state index in [0.717, 1.165) is 42.9 Å². The third-order valence-corrected chi connectivity index (χ3v) is 2.97. The quantitative estimate of drug-likeness (QED) is 0.742. The summed E-state index contributed by atoms with van der Waals surface area (Å²) in [7, 11) is 1.74. The van der Waals surface area contributed by atoms with Crippen LogP contribution < -0.4 is 10.1 Å². The summed E-state index contributed by atoms with van der Waals surface area (Å²) in [5.74, 6) is 0.971. The van der Waals surface area contributed by atoms with E-state index in [1.165, 1.54) is 5.56 Å². The molecule has 0 aliphatic heterocycles. The van der Waals surface area contributed by atoms with Gasteiger partial charge in [-0.15, -0.1) is 0 Å². The molecule has 0 bridgehead atoms. The van der Waals surface area contributed by atoms with Gasteiger partial charge in [-0.1, -0.05) is 15.9 Å². The second-order valence-electron chi connectivity index (χ2n) is 3.97. The molecule has 3 nitrogen and oxygen atoms in total. The van der Waals surface area contributed by atoms with E-state index in [2.05, 4.69) is 34.2 Å². The van der Waals surface area contributed by atoms with Crippen LogP contribution in [0.4, 0.5) is 0 Å². The molecule has 0 fully saturated rings. The van der Waals surface area contributed by atoms with Crippen LogP contribution in [0, 0.1) is 6.92 Å². The minimum Gasteiger partial charge on any atom is -0.487 e. The number of ether oxygens (including phenoxy) is 2. The Bertz CT molecular complexity index is 331. The Kier molecular flexibility index (Phi) is 7.24. The number of quaternary nitrogens is 1. The highest BCUT2D eigenvalue weighted by Crippen LogP contribution is 2.21. The lowest BCUT2D eigenvalue weighted by atomic mass is 10.2. The molecule has 96 valence electrons. The fraction of sp³-hybridized carbons (Fsp3) is 0.538. The van der Waals surface area contributed by atoms with Crippen LogP contribution in [0.25, 0.3) is 0 Å². The predicted octanol–water partition coefficient (Wildman–Crippen LogP) is 1.74. The minimum atomic E-state index is 0.745. The van der Waals surface area contributed by atoms with Gasteiger partial charge in [-0.2, -0.15) is 0 Å². The van der Waals surface area contributed by atoms with Crippen molar-refractivity contribution in [1.82, 2.24) is 0 Å². The zero-order chi connectivity index (χ0) is 12.5. The molecule has 0 amide bonds. The first-order chi connectivity index (χ1) is 8.24. The summed E-state index contributed by atoms with van der Waals surface area (Å²) >= 11 is 3.44. The summed E-state index contributed by atoms with van der Waals surface area (Å²) < 4.78 is 11.8. The summed E-state index contributed by atoms with van der Waals surface area (Å²) in [6.07, 6.45) is 1.09. The average Bonchev–Trinajstić information content (AvgIpc) is 2.30. The van der Waals surface area contributed by atoms with Crippen LogP contribution in [0.2, 0.25) is 0 Å². The van der Waals surface area contributed by atoms with Gasteiger partial charge in [-0.3, -0.25) is 0 Å². The zero-order valence-electron chi connectivity index (χ0n) is 10.5. The smallest absolute Gasteiger partial charge is 0.137 e. The lowest BCUT2D eigenvalue weighted by Gasteiger charge is -2.08. The van der Waals surface area contributed by atoms with E-state index >= 15 is 0 Å². The molecule has 0 spiro atoms. The Labute approximate surface area is 112 Å². The normalized spacial score (nSPS) is 10.5. The van der Waals surface area contributed by atoms with Gasteiger partial charge < -0.3 is 14.8 Å². The maximum atomic E-state index is 5.71. The van der Waals surface area contributed by atoms with Gasteiger partial charge in [0.1, 0.15) is 18.9 Å². The number of hydrogen-bond donors (Lipinski definition) is 1. The molecular formula is C13H21BrNO2+. The molecule has 0 unspecified atom stereocenters. The van der Waals surface area contributed by atoms with E-state index in [0.29, 0.717) is 0 Å². The minimum absolute atomic E-state index is 0.745. The molecule has 0 saturated heterocycles. The molecule has 1 rings (SSSR count). The van der Waals surface area contributed by atoms with Crippen molar-refractivity contribution in [3.05, 3.63) is 28.2 Å². The number of halogens is 1. The van der Waals surface area contributed by atoms with Crippen LogP contribution in [0.15, 0.2) is 22.7 Å². The van der Waals surface area contributed by atoms with Gasteiger partial charge in [0.25, 0.3) is 0 Å². The van der Waals surface area contributed by atoms with Crippen molar-refractivity contribution in [3.63, 3.8) is 0 Å². The fourth-order valence-corrected chi connectivity index (χ4v) is 2.02. The van der Waals surface area contributed by atoms with Gasteiger partial charge in [0.05, 0.1) is 13.2 Å². The van der Waals surface area contributed by atoms with E-state index in [9.17, 15) is 0 Å². The molecule has 0 aliphatic rings. The monoisotopic (exact) mass is 302 g/mol. The topological polar surface area (TPSA) is 35.1 Å². The number of nitrogens with two attached hydrogens (primary N) is 1. The molecule has 0 aromatic heterocycles. The summed E-state index contributed by atoms with van der Waals surface area (Å²) in [5.41, 5.74) is 1.17.